The van der Waals surface area contributed by atoms with Gasteiger partial charge in [0.15, 0.2) is 5.76 Å². The van der Waals surface area contributed by atoms with E-state index < -0.39 is 0 Å². The van der Waals surface area contributed by atoms with E-state index in [1.165, 1.54) is 25.7 Å². The monoisotopic (exact) mass is 303 g/mol. The lowest BCUT2D eigenvalue weighted by atomic mass is 9.45. The number of rotatable bonds is 0. The second kappa shape index (κ2) is 4.53. The summed E-state index contributed by atoms with van der Waals surface area (Å²) in [7, 11) is 0. The maximum absolute atomic E-state index is 10.7. The van der Waals surface area contributed by atoms with Crippen molar-refractivity contribution in [3.63, 3.8) is 0 Å². The van der Waals surface area contributed by atoms with Crippen LogP contribution in [0.5, 0.6) is 0 Å². The first-order valence-corrected chi connectivity index (χ1v) is 8.94. The summed E-state index contributed by atoms with van der Waals surface area (Å²) in [4.78, 5) is 0. The molecule has 0 bridgehead atoms. The summed E-state index contributed by atoms with van der Waals surface area (Å²) < 4.78 is 0. The number of nitrogens with two attached hydrogens (primary N) is 1. The molecule has 4 aliphatic rings. The first kappa shape index (κ1) is 14.6. The van der Waals surface area contributed by atoms with Crippen LogP contribution in [0, 0.1) is 34.5 Å². The first-order valence-electron chi connectivity index (χ1n) is 8.94. The van der Waals surface area contributed by atoms with Crippen LogP contribution in [0.25, 0.3) is 0 Å². The fraction of sp³-hybridized carbons (Fsp3) is 0.789. The SMILES string of the molecule is C[C@@]12CCC[C@H]1[C@@H]1[C@@H](N)CC3C=CC(O)=C(O)[C@]3(C)[C@H]1CC2. The largest absolute Gasteiger partial charge is 0.508 e. The minimum absolute atomic E-state index is 0.0627. The molecule has 0 heterocycles. The molecular formula is C19H29NO2. The zero-order valence-electron chi connectivity index (χ0n) is 13.8. The molecule has 4 rings (SSSR count). The van der Waals surface area contributed by atoms with Gasteiger partial charge in [0, 0.05) is 11.5 Å². The second-order valence-electron chi connectivity index (χ2n) is 8.76. The zero-order valence-corrected chi connectivity index (χ0v) is 13.8. The van der Waals surface area contributed by atoms with Crippen molar-refractivity contribution < 1.29 is 10.2 Å². The topological polar surface area (TPSA) is 66.5 Å². The summed E-state index contributed by atoms with van der Waals surface area (Å²) in [6.45, 7) is 4.61. The molecule has 3 saturated carbocycles. The number of aliphatic hydroxyl groups is 2. The van der Waals surface area contributed by atoms with Crippen LogP contribution in [0.3, 0.4) is 0 Å². The van der Waals surface area contributed by atoms with Gasteiger partial charge in [-0.25, -0.2) is 0 Å². The summed E-state index contributed by atoms with van der Waals surface area (Å²) in [5.74, 6) is 2.11. The molecule has 7 atom stereocenters. The highest BCUT2D eigenvalue weighted by molar-refractivity contribution is 5.31. The maximum atomic E-state index is 10.7. The molecule has 4 aliphatic carbocycles. The molecule has 4 N–H and O–H groups in total. The summed E-state index contributed by atoms with van der Waals surface area (Å²) in [6.07, 6.45) is 11.0. The van der Waals surface area contributed by atoms with E-state index in [-0.39, 0.29) is 28.9 Å². The molecule has 0 aromatic carbocycles. The van der Waals surface area contributed by atoms with E-state index in [1.807, 2.05) is 0 Å². The van der Waals surface area contributed by atoms with Gasteiger partial charge >= 0.3 is 0 Å². The molecule has 3 nitrogen and oxygen atoms in total. The van der Waals surface area contributed by atoms with Crippen LogP contribution in [0.15, 0.2) is 23.7 Å². The molecule has 0 aliphatic heterocycles. The standard InChI is InChI=1S/C19H29NO2/c1-18-8-3-4-12(18)16-13(7-9-18)19(2)11(10-14(16)20)5-6-15(21)17(19)22/h5-6,11-14,16,21-22H,3-4,7-10,20H2,1-2H3/t11?,12-,13-,14-,16-,18-,19-/m0/s1. The molecule has 122 valence electrons. The van der Waals surface area contributed by atoms with E-state index in [9.17, 15) is 10.2 Å². The van der Waals surface area contributed by atoms with E-state index in [0.717, 1.165) is 12.8 Å². The van der Waals surface area contributed by atoms with Gasteiger partial charge in [0.25, 0.3) is 0 Å². The van der Waals surface area contributed by atoms with Gasteiger partial charge in [0.2, 0.25) is 0 Å². The molecule has 3 heteroatoms. The Labute approximate surface area is 133 Å². The molecule has 0 amide bonds. The highest BCUT2D eigenvalue weighted by atomic mass is 16.3. The predicted octanol–water partition coefficient (Wildman–Crippen LogP) is 4.07. The van der Waals surface area contributed by atoms with Crippen molar-refractivity contribution in [3.8, 4) is 0 Å². The summed E-state index contributed by atoms with van der Waals surface area (Å²) in [6, 6.07) is 0.225. The molecule has 0 aromatic rings. The Bertz CT molecular complexity index is 554. The van der Waals surface area contributed by atoms with Crippen molar-refractivity contribution in [1.82, 2.24) is 0 Å². The summed E-state index contributed by atoms with van der Waals surface area (Å²) >= 11 is 0. The van der Waals surface area contributed by atoms with Crippen molar-refractivity contribution >= 4 is 0 Å². The van der Waals surface area contributed by atoms with E-state index >= 15 is 0 Å². The van der Waals surface area contributed by atoms with E-state index in [0.29, 0.717) is 23.2 Å². The minimum Gasteiger partial charge on any atom is -0.508 e. The van der Waals surface area contributed by atoms with Crippen molar-refractivity contribution in [2.75, 3.05) is 0 Å². The highest BCUT2D eigenvalue weighted by Gasteiger charge is 2.61. The van der Waals surface area contributed by atoms with Gasteiger partial charge in [-0.15, -0.1) is 0 Å². The maximum Gasteiger partial charge on any atom is 0.153 e. The van der Waals surface area contributed by atoms with Gasteiger partial charge in [-0.1, -0.05) is 26.3 Å². The van der Waals surface area contributed by atoms with E-state index in [4.69, 9.17) is 5.73 Å². The third-order valence-corrected chi connectivity index (χ3v) is 7.91. The van der Waals surface area contributed by atoms with Gasteiger partial charge in [0.05, 0.1) is 0 Å². The van der Waals surface area contributed by atoms with Gasteiger partial charge < -0.3 is 15.9 Å². The van der Waals surface area contributed by atoms with Crippen LogP contribution in [0.2, 0.25) is 0 Å². The van der Waals surface area contributed by atoms with Crippen LogP contribution in [-0.4, -0.2) is 16.3 Å². The summed E-state index contributed by atoms with van der Waals surface area (Å²) in [5.41, 5.74) is 6.78. The van der Waals surface area contributed by atoms with Crippen LogP contribution in [0.4, 0.5) is 0 Å². The molecular weight excluding hydrogens is 274 g/mol. The fourth-order valence-corrected chi connectivity index (χ4v) is 6.64. The second-order valence-corrected chi connectivity index (χ2v) is 8.76. The van der Waals surface area contributed by atoms with Gasteiger partial charge in [-0.05, 0) is 67.3 Å². The third kappa shape index (κ3) is 1.66. The Morgan fingerprint density at radius 1 is 1.14 bits per heavy atom. The summed E-state index contributed by atoms with van der Waals surface area (Å²) in [5, 5.41) is 20.8. The van der Waals surface area contributed by atoms with Gasteiger partial charge in [0.1, 0.15) is 5.76 Å². The lowest BCUT2D eigenvalue weighted by molar-refractivity contribution is -0.0863. The van der Waals surface area contributed by atoms with E-state index in [2.05, 4.69) is 19.9 Å². The smallest absolute Gasteiger partial charge is 0.153 e. The number of fused-ring (bicyclic) bond motifs is 5. The quantitative estimate of drug-likeness (QED) is 0.632. The Balaban J connectivity index is 1.78. The Kier molecular flexibility index (Phi) is 3.01. The van der Waals surface area contributed by atoms with Crippen molar-refractivity contribution in [2.24, 2.45) is 40.2 Å². The Morgan fingerprint density at radius 2 is 1.91 bits per heavy atom. The molecule has 0 radical (unpaired) electrons. The highest BCUT2D eigenvalue weighted by Crippen LogP contribution is 2.65. The van der Waals surface area contributed by atoms with Crippen LogP contribution in [-0.2, 0) is 0 Å². The van der Waals surface area contributed by atoms with Gasteiger partial charge in [-0.2, -0.15) is 0 Å². The normalized spacial score (nSPS) is 53.9. The molecule has 0 saturated heterocycles. The Morgan fingerprint density at radius 3 is 2.68 bits per heavy atom. The van der Waals surface area contributed by atoms with Crippen LogP contribution in [0.1, 0.15) is 52.4 Å². The molecule has 3 fully saturated rings. The van der Waals surface area contributed by atoms with Gasteiger partial charge in [-0.3, -0.25) is 0 Å². The first-order chi connectivity index (χ1) is 10.4. The third-order valence-electron chi connectivity index (χ3n) is 7.91. The van der Waals surface area contributed by atoms with Crippen LogP contribution < -0.4 is 5.73 Å². The number of allylic oxidation sites excluding steroid dienone is 3. The number of hydrogen-bond donors (Lipinski definition) is 3. The van der Waals surface area contributed by atoms with E-state index in [1.54, 1.807) is 6.08 Å². The zero-order chi connectivity index (χ0) is 15.7. The molecule has 22 heavy (non-hydrogen) atoms. The van der Waals surface area contributed by atoms with Crippen molar-refractivity contribution in [3.05, 3.63) is 23.7 Å². The number of aliphatic hydroxyl groups excluding tert-OH is 2. The average Bonchev–Trinajstić information content (AvgIpc) is 2.87. The Hall–Kier alpha value is -0.960. The lowest BCUT2D eigenvalue weighted by Gasteiger charge is -2.60. The predicted molar refractivity (Wildman–Crippen MR) is 87.3 cm³/mol. The fourth-order valence-electron chi connectivity index (χ4n) is 6.64. The molecule has 0 spiro atoms. The average molecular weight is 303 g/mol. The van der Waals surface area contributed by atoms with Crippen molar-refractivity contribution in [2.45, 2.75) is 58.4 Å². The lowest BCUT2D eigenvalue weighted by Crippen LogP contribution is -2.59. The van der Waals surface area contributed by atoms with Crippen molar-refractivity contribution in [1.29, 1.82) is 0 Å². The van der Waals surface area contributed by atoms with Crippen LogP contribution >= 0.6 is 0 Å². The molecule has 1 unspecified atom stereocenters. The number of hydrogen-bond acceptors (Lipinski definition) is 3. The minimum atomic E-state index is -0.330. The molecule has 0 aromatic heterocycles.